The maximum atomic E-state index is 10.3. The van der Waals surface area contributed by atoms with Gasteiger partial charge in [0.05, 0.1) is 12.2 Å². The minimum Gasteiger partial charge on any atom is -0.393 e. The largest absolute Gasteiger partial charge is 0.393 e. The molecule has 0 fully saturated rings. The fraction of sp³-hybridized carbons (Fsp3) is 1.00. The minimum atomic E-state index is -0.159. The van der Waals surface area contributed by atoms with Crippen LogP contribution in [-0.4, -0.2) is 35.6 Å². The molecule has 0 radical (unpaired) electrons. The van der Waals surface area contributed by atoms with Gasteiger partial charge in [0.25, 0.3) is 0 Å². The third-order valence-corrected chi connectivity index (χ3v) is 9.43. The standard InChI is InChI=1S/C40H82O3/c1-3-5-7-9-11-13-15-17-19-21-23-25-27-29-33-39(41)35-31-37-43-38-32-36-40(42)34-30-28-26-24-22-20-18-16-14-12-10-8-6-4-2/h39-42H,3-38H2,1-2H3. The summed E-state index contributed by atoms with van der Waals surface area (Å²) in [5.74, 6) is 0. The molecule has 0 saturated carbocycles. The second-order valence-corrected chi connectivity index (χ2v) is 14.0. The zero-order chi connectivity index (χ0) is 31.3. The molecule has 260 valence electrons. The SMILES string of the molecule is CCCCCCCCCCCCCCCCC(O)CCCOCCCC(O)CCCCCCCCCCCCCCCC. The summed E-state index contributed by atoms with van der Waals surface area (Å²) >= 11 is 0. The molecule has 2 N–H and O–H groups in total. The number of rotatable bonds is 38. The van der Waals surface area contributed by atoms with Gasteiger partial charge >= 0.3 is 0 Å². The molecule has 3 nitrogen and oxygen atoms in total. The van der Waals surface area contributed by atoms with Crippen LogP contribution in [0.1, 0.15) is 232 Å². The predicted octanol–water partition coefficient (Wildman–Crippen LogP) is 13.0. The Balaban J connectivity index is 3.24. The fourth-order valence-electron chi connectivity index (χ4n) is 6.38. The van der Waals surface area contributed by atoms with Crippen LogP contribution in [0.4, 0.5) is 0 Å². The molecule has 0 bridgehead atoms. The van der Waals surface area contributed by atoms with E-state index in [4.69, 9.17) is 4.74 Å². The summed E-state index contributed by atoms with van der Waals surface area (Å²) in [7, 11) is 0. The summed E-state index contributed by atoms with van der Waals surface area (Å²) in [4.78, 5) is 0. The van der Waals surface area contributed by atoms with Gasteiger partial charge in [0, 0.05) is 13.2 Å². The van der Waals surface area contributed by atoms with Crippen molar-refractivity contribution in [2.45, 2.75) is 244 Å². The van der Waals surface area contributed by atoms with Crippen molar-refractivity contribution in [2.24, 2.45) is 0 Å². The summed E-state index contributed by atoms with van der Waals surface area (Å²) in [6.07, 6.45) is 43.8. The summed E-state index contributed by atoms with van der Waals surface area (Å²) < 4.78 is 5.77. The van der Waals surface area contributed by atoms with Crippen molar-refractivity contribution in [3.8, 4) is 0 Å². The van der Waals surface area contributed by atoms with Gasteiger partial charge in [0.2, 0.25) is 0 Å². The highest BCUT2D eigenvalue weighted by Crippen LogP contribution is 2.16. The van der Waals surface area contributed by atoms with Gasteiger partial charge in [-0.2, -0.15) is 0 Å². The van der Waals surface area contributed by atoms with E-state index in [1.165, 1.54) is 167 Å². The lowest BCUT2D eigenvalue weighted by atomic mass is 10.0. The second-order valence-electron chi connectivity index (χ2n) is 14.0. The molecule has 0 aromatic rings. The van der Waals surface area contributed by atoms with Crippen molar-refractivity contribution < 1.29 is 14.9 Å². The van der Waals surface area contributed by atoms with E-state index in [2.05, 4.69) is 13.8 Å². The molecule has 0 amide bonds. The second kappa shape index (κ2) is 38.1. The number of hydrogen-bond acceptors (Lipinski definition) is 3. The van der Waals surface area contributed by atoms with Crippen LogP contribution in [0.15, 0.2) is 0 Å². The van der Waals surface area contributed by atoms with E-state index in [0.29, 0.717) is 0 Å². The van der Waals surface area contributed by atoms with E-state index >= 15 is 0 Å². The Bertz CT molecular complexity index is 440. The van der Waals surface area contributed by atoms with E-state index < -0.39 is 0 Å². The molecule has 2 unspecified atom stereocenters. The van der Waals surface area contributed by atoms with Crippen LogP contribution in [0, 0.1) is 0 Å². The lowest BCUT2D eigenvalue weighted by Crippen LogP contribution is -2.10. The Hall–Kier alpha value is -0.120. The molecule has 0 rings (SSSR count). The molecule has 43 heavy (non-hydrogen) atoms. The van der Waals surface area contributed by atoms with Crippen molar-refractivity contribution in [2.75, 3.05) is 13.2 Å². The van der Waals surface area contributed by atoms with Gasteiger partial charge in [-0.25, -0.2) is 0 Å². The van der Waals surface area contributed by atoms with Crippen LogP contribution in [0.25, 0.3) is 0 Å². The van der Waals surface area contributed by atoms with Gasteiger partial charge in [-0.15, -0.1) is 0 Å². The summed E-state index contributed by atoms with van der Waals surface area (Å²) in [6, 6.07) is 0. The maximum absolute atomic E-state index is 10.3. The topological polar surface area (TPSA) is 49.7 Å². The lowest BCUT2D eigenvalue weighted by molar-refractivity contribution is 0.0871. The first-order chi connectivity index (χ1) is 21.2. The lowest BCUT2D eigenvalue weighted by Gasteiger charge is -2.12. The highest BCUT2D eigenvalue weighted by Gasteiger charge is 2.06. The Morgan fingerprint density at radius 2 is 0.512 bits per heavy atom. The van der Waals surface area contributed by atoms with Crippen molar-refractivity contribution in [1.29, 1.82) is 0 Å². The first kappa shape index (κ1) is 42.9. The van der Waals surface area contributed by atoms with Gasteiger partial charge in [-0.05, 0) is 38.5 Å². The predicted molar refractivity (Wildman–Crippen MR) is 191 cm³/mol. The zero-order valence-electron chi connectivity index (χ0n) is 29.9. The Labute approximate surface area is 272 Å². The van der Waals surface area contributed by atoms with Gasteiger partial charge in [0.1, 0.15) is 0 Å². The van der Waals surface area contributed by atoms with E-state index in [1.54, 1.807) is 0 Å². The number of aliphatic hydroxyl groups excluding tert-OH is 2. The minimum absolute atomic E-state index is 0.159. The van der Waals surface area contributed by atoms with Crippen molar-refractivity contribution in [3.63, 3.8) is 0 Å². The maximum Gasteiger partial charge on any atom is 0.0541 e. The van der Waals surface area contributed by atoms with Gasteiger partial charge in [-0.1, -0.05) is 194 Å². The molecule has 0 saturated heterocycles. The van der Waals surface area contributed by atoms with Crippen LogP contribution in [0.2, 0.25) is 0 Å². The van der Waals surface area contributed by atoms with Crippen LogP contribution in [0.3, 0.4) is 0 Å². The smallest absolute Gasteiger partial charge is 0.0541 e. The fourth-order valence-corrected chi connectivity index (χ4v) is 6.38. The molecule has 3 heteroatoms. The van der Waals surface area contributed by atoms with Gasteiger partial charge in [0.15, 0.2) is 0 Å². The molecule has 2 atom stereocenters. The molecule has 0 aromatic heterocycles. The van der Waals surface area contributed by atoms with Crippen LogP contribution < -0.4 is 0 Å². The Morgan fingerprint density at radius 1 is 0.302 bits per heavy atom. The number of ether oxygens (including phenoxy) is 1. The van der Waals surface area contributed by atoms with Crippen molar-refractivity contribution in [1.82, 2.24) is 0 Å². The molecule has 0 aliphatic heterocycles. The Kier molecular flexibility index (Phi) is 38.0. The van der Waals surface area contributed by atoms with Crippen LogP contribution in [0.5, 0.6) is 0 Å². The van der Waals surface area contributed by atoms with E-state index in [0.717, 1.165) is 64.6 Å². The molecular formula is C40H82O3. The molecule has 0 aliphatic carbocycles. The zero-order valence-corrected chi connectivity index (χ0v) is 29.9. The monoisotopic (exact) mass is 611 g/mol. The van der Waals surface area contributed by atoms with E-state index in [1.807, 2.05) is 0 Å². The highest BCUT2D eigenvalue weighted by atomic mass is 16.5. The summed E-state index contributed by atoms with van der Waals surface area (Å²) in [6.45, 7) is 6.06. The van der Waals surface area contributed by atoms with Crippen LogP contribution in [-0.2, 0) is 4.74 Å². The summed E-state index contributed by atoms with van der Waals surface area (Å²) in [5.41, 5.74) is 0. The Morgan fingerprint density at radius 3 is 0.767 bits per heavy atom. The first-order valence-electron chi connectivity index (χ1n) is 20.1. The molecule has 0 spiro atoms. The van der Waals surface area contributed by atoms with Crippen LogP contribution >= 0.6 is 0 Å². The van der Waals surface area contributed by atoms with Crippen molar-refractivity contribution in [3.05, 3.63) is 0 Å². The van der Waals surface area contributed by atoms with Crippen molar-refractivity contribution >= 4 is 0 Å². The normalized spacial score (nSPS) is 13.1. The third kappa shape index (κ3) is 38.0. The number of hydrogen-bond donors (Lipinski definition) is 2. The number of unbranched alkanes of at least 4 members (excludes halogenated alkanes) is 26. The first-order valence-corrected chi connectivity index (χ1v) is 20.1. The molecule has 0 aromatic carbocycles. The third-order valence-electron chi connectivity index (χ3n) is 9.43. The van der Waals surface area contributed by atoms with Gasteiger partial charge in [-0.3, -0.25) is 0 Å². The molecular weight excluding hydrogens is 528 g/mol. The number of aliphatic hydroxyl groups is 2. The summed E-state index contributed by atoms with van der Waals surface area (Å²) in [5, 5.41) is 20.5. The van der Waals surface area contributed by atoms with Gasteiger partial charge < -0.3 is 14.9 Å². The molecule has 0 aliphatic rings. The quantitative estimate of drug-likeness (QED) is 0.0684. The molecule has 0 heterocycles. The van der Waals surface area contributed by atoms with E-state index in [9.17, 15) is 10.2 Å². The highest BCUT2D eigenvalue weighted by molar-refractivity contribution is 4.59. The average molecular weight is 611 g/mol. The van der Waals surface area contributed by atoms with E-state index in [-0.39, 0.29) is 12.2 Å². The average Bonchev–Trinajstić information content (AvgIpc) is 3.01.